The van der Waals surface area contributed by atoms with E-state index in [9.17, 15) is 14.4 Å². The molecule has 0 aliphatic heterocycles. The van der Waals surface area contributed by atoms with Crippen molar-refractivity contribution in [1.29, 1.82) is 0 Å². The largest absolute Gasteiger partial charge is 0.496 e. The van der Waals surface area contributed by atoms with Crippen molar-refractivity contribution >= 4 is 35.9 Å². The van der Waals surface area contributed by atoms with E-state index in [1.807, 2.05) is 22.9 Å². The van der Waals surface area contributed by atoms with Crippen LogP contribution in [0.5, 0.6) is 11.6 Å². The zero-order valence-electron chi connectivity index (χ0n) is 19.2. The van der Waals surface area contributed by atoms with Crippen molar-refractivity contribution in [1.82, 2.24) is 19.3 Å². The first-order chi connectivity index (χ1) is 16.4. The van der Waals surface area contributed by atoms with Crippen LogP contribution in [0.2, 0.25) is 0 Å². The number of hydrogen-bond donors (Lipinski definition) is 1. The summed E-state index contributed by atoms with van der Waals surface area (Å²) in [6, 6.07) is 5.10. The second kappa shape index (κ2) is 9.77. The highest BCUT2D eigenvalue weighted by Gasteiger charge is 2.27. The van der Waals surface area contributed by atoms with Gasteiger partial charge < -0.3 is 29.0 Å². The van der Waals surface area contributed by atoms with Gasteiger partial charge in [-0.1, -0.05) is 0 Å². The van der Waals surface area contributed by atoms with Gasteiger partial charge in [0.05, 0.1) is 18.5 Å². The van der Waals surface area contributed by atoms with E-state index < -0.39 is 0 Å². The maximum absolute atomic E-state index is 12.3. The number of carbonyl (C=O) groups excluding carboxylic acids is 3. The number of rotatable bonds is 11. The Bertz CT molecular complexity index is 1220. The SMILES string of the molecule is COc1cc(NC=O)nc(OCc2cn3cc(C4CC4)cc(N(C=O)CC(=O)N(C)C)c3n2)c1. The van der Waals surface area contributed by atoms with Crippen LogP contribution in [-0.2, 0) is 21.0 Å². The van der Waals surface area contributed by atoms with Crippen LogP contribution in [0.1, 0.15) is 30.0 Å². The molecule has 0 radical (unpaired) electrons. The van der Waals surface area contributed by atoms with E-state index in [4.69, 9.17) is 9.47 Å². The van der Waals surface area contributed by atoms with Gasteiger partial charge in [-0.3, -0.25) is 14.4 Å². The lowest BCUT2D eigenvalue weighted by atomic mass is 10.1. The molecule has 0 bridgehead atoms. The van der Waals surface area contributed by atoms with Crippen LogP contribution in [0.4, 0.5) is 11.5 Å². The Hall–Kier alpha value is -4.15. The van der Waals surface area contributed by atoms with Crippen molar-refractivity contribution < 1.29 is 23.9 Å². The molecule has 1 aliphatic carbocycles. The summed E-state index contributed by atoms with van der Waals surface area (Å²) >= 11 is 0. The third-order valence-corrected chi connectivity index (χ3v) is 5.48. The summed E-state index contributed by atoms with van der Waals surface area (Å²) in [6.07, 6.45) is 7.18. The van der Waals surface area contributed by atoms with Gasteiger partial charge in [-0.25, -0.2) is 4.98 Å². The maximum Gasteiger partial charge on any atom is 0.242 e. The first-order valence-electron chi connectivity index (χ1n) is 10.7. The van der Waals surface area contributed by atoms with E-state index in [2.05, 4.69) is 15.3 Å². The lowest BCUT2D eigenvalue weighted by Gasteiger charge is -2.20. The number of hydrogen-bond acceptors (Lipinski definition) is 7. The van der Waals surface area contributed by atoms with E-state index >= 15 is 0 Å². The van der Waals surface area contributed by atoms with Gasteiger partial charge in [-0.05, 0) is 30.4 Å². The zero-order chi connectivity index (χ0) is 24.2. The molecule has 11 heteroatoms. The molecular weight excluding hydrogens is 440 g/mol. The summed E-state index contributed by atoms with van der Waals surface area (Å²) in [5.41, 5.74) is 2.81. The monoisotopic (exact) mass is 466 g/mol. The third-order valence-electron chi connectivity index (χ3n) is 5.48. The summed E-state index contributed by atoms with van der Waals surface area (Å²) in [4.78, 5) is 46.6. The first-order valence-corrected chi connectivity index (χ1v) is 10.7. The Morgan fingerprint density at radius 3 is 2.65 bits per heavy atom. The molecule has 34 heavy (non-hydrogen) atoms. The molecule has 4 rings (SSSR count). The number of amides is 3. The van der Waals surface area contributed by atoms with E-state index in [1.165, 1.54) is 16.9 Å². The Morgan fingerprint density at radius 1 is 1.21 bits per heavy atom. The number of nitrogens with one attached hydrogen (secondary N) is 1. The Morgan fingerprint density at radius 2 is 2.00 bits per heavy atom. The first kappa shape index (κ1) is 23.0. The maximum atomic E-state index is 12.3. The van der Waals surface area contributed by atoms with Crippen molar-refractivity contribution in [3.05, 3.63) is 41.9 Å². The van der Waals surface area contributed by atoms with Gasteiger partial charge in [0.25, 0.3) is 0 Å². The molecular formula is C23H26N6O5. The summed E-state index contributed by atoms with van der Waals surface area (Å²) in [7, 11) is 4.80. The van der Waals surface area contributed by atoms with E-state index in [-0.39, 0.29) is 24.9 Å². The van der Waals surface area contributed by atoms with Crippen LogP contribution in [0, 0.1) is 0 Å². The highest BCUT2D eigenvalue weighted by Crippen LogP contribution is 2.41. The predicted molar refractivity (Wildman–Crippen MR) is 124 cm³/mol. The van der Waals surface area contributed by atoms with E-state index in [1.54, 1.807) is 26.2 Å². The number of aromatic nitrogens is 3. The molecule has 1 aliphatic rings. The average molecular weight is 466 g/mol. The second-order valence-corrected chi connectivity index (χ2v) is 8.20. The fraction of sp³-hybridized carbons (Fsp3) is 0.348. The predicted octanol–water partition coefficient (Wildman–Crippen LogP) is 1.81. The number of carbonyl (C=O) groups is 3. The molecule has 1 fully saturated rings. The molecule has 3 aromatic rings. The molecule has 178 valence electrons. The number of imidazole rings is 1. The van der Waals surface area contributed by atoms with Crippen LogP contribution in [0.15, 0.2) is 30.6 Å². The van der Waals surface area contributed by atoms with Crippen LogP contribution in [0.25, 0.3) is 5.65 Å². The summed E-state index contributed by atoms with van der Waals surface area (Å²) in [5.74, 6) is 1.27. The second-order valence-electron chi connectivity index (χ2n) is 8.20. The van der Waals surface area contributed by atoms with Gasteiger partial charge in [-0.2, -0.15) is 4.98 Å². The van der Waals surface area contributed by atoms with E-state index in [0.29, 0.717) is 47.3 Å². The van der Waals surface area contributed by atoms with E-state index in [0.717, 1.165) is 18.4 Å². The van der Waals surface area contributed by atoms with Crippen LogP contribution >= 0.6 is 0 Å². The molecule has 0 atom stereocenters. The van der Waals surface area contributed by atoms with Crippen LogP contribution in [-0.4, -0.2) is 65.7 Å². The summed E-state index contributed by atoms with van der Waals surface area (Å²) in [6.45, 7) is 0.0114. The number of methoxy groups -OCH3 is 1. The molecule has 0 unspecified atom stereocenters. The van der Waals surface area contributed by atoms with Gasteiger partial charge >= 0.3 is 0 Å². The number of fused-ring (bicyclic) bond motifs is 1. The quantitative estimate of drug-likeness (QED) is 0.428. The van der Waals surface area contributed by atoms with Gasteiger partial charge in [0, 0.05) is 38.6 Å². The lowest BCUT2D eigenvalue weighted by molar-refractivity contribution is -0.128. The standard InChI is InChI=1S/C23H26N6O5/c1-27(2)22(32)11-29(14-31)19-6-16(15-4-5-15)9-28-10-17(25-23(19)28)12-34-21-8-18(33-3)7-20(26-21)24-13-30/h6-10,13-15H,4-5,11-12H2,1-3H3,(H,24,26,30). The summed E-state index contributed by atoms with van der Waals surface area (Å²) in [5, 5.41) is 2.47. The summed E-state index contributed by atoms with van der Waals surface area (Å²) < 4.78 is 12.9. The fourth-order valence-electron chi connectivity index (χ4n) is 3.50. The minimum absolute atomic E-state index is 0.0841. The molecule has 3 amide bonds. The molecule has 3 aromatic heterocycles. The molecule has 0 saturated heterocycles. The molecule has 11 nitrogen and oxygen atoms in total. The lowest BCUT2D eigenvalue weighted by Crippen LogP contribution is -2.36. The molecule has 0 aromatic carbocycles. The number of nitrogens with zero attached hydrogens (tertiary/aromatic N) is 5. The van der Waals surface area contributed by atoms with Crippen molar-refractivity contribution in [2.45, 2.75) is 25.4 Å². The van der Waals surface area contributed by atoms with Gasteiger partial charge in [-0.15, -0.1) is 0 Å². The van der Waals surface area contributed by atoms with Gasteiger partial charge in [0.15, 0.2) is 5.65 Å². The third kappa shape index (κ3) is 5.08. The fourth-order valence-corrected chi connectivity index (χ4v) is 3.50. The Kier molecular flexibility index (Phi) is 6.62. The average Bonchev–Trinajstić information content (AvgIpc) is 3.59. The highest BCUT2D eigenvalue weighted by atomic mass is 16.5. The zero-order valence-corrected chi connectivity index (χ0v) is 19.2. The Labute approximate surface area is 196 Å². The van der Waals surface area contributed by atoms with Gasteiger partial charge in [0.1, 0.15) is 24.7 Å². The van der Waals surface area contributed by atoms with Crippen molar-refractivity contribution in [3.63, 3.8) is 0 Å². The molecule has 1 saturated carbocycles. The molecule has 3 heterocycles. The smallest absolute Gasteiger partial charge is 0.242 e. The minimum atomic E-state index is -0.193. The van der Waals surface area contributed by atoms with Crippen LogP contribution < -0.4 is 19.7 Å². The van der Waals surface area contributed by atoms with Crippen molar-refractivity contribution in [2.24, 2.45) is 0 Å². The molecule has 0 spiro atoms. The van der Waals surface area contributed by atoms with Crippen molar-refractivity contribution in [3.8, 4) is 11.6 Å². The minimum Gasteiger partial charge on any atom is -0.496 e. The number of pyridine rings is 2. The number of anilines is 2. The highest BCUT2D eigenvalue weighted by molar-refractivity contribution is 5.92. The topological polar surface area (TPSA) is 118 Å². The number of ether oxygens (including phenoxy) is 2. The molecule has 1 N–H and O–H groups in total. The number of likely N-dealkylation sites (N-methyl/N-ethyl adjacent to an activating group) is 1. The van der Waals surface area contributed by atoms with Crippen molar-refractivity contribution in [2.75, 3.05) is 38.0 Å². The van der Waals surface area contributed by atoms with Crippen LogP contribution in [0.3, 0.4) is 0 Å². The normalized spacial score (nSPS) is 12.8. The van der Waals surface area contributed by atoms with Gasteiger partial charge in [0.2, 0.25) is 24.6 Å². The Balaban J connectivity index is 1.63.